The number of ether oxygens (including phenoxy) is 1. The van der Waals surface area contributed by atoms with Gasteiger partial charge in [0.05, 0.1) is 13.0 Å². The summed E-state index contributed by atoms with van der Waals surface area (Å²) in [5.74, 6) is -0.261. The van der Waals surface area contributed by atoms with Crippen LogP contribution in [0, 0.1) is 0 Å². The molecule has 0 radical (unpaired) electrons. The number of amides is 2. The number of imide groups is 1. The lowest BCUT2D eigenvalue weighted by Gasteiger charge is -2.06. The second kappa shape index (κ2) is 4.91. The fraction of sp³-hybridized carbons (Fsp3) is 0.231. The van der Waals surface area contributed by atoms with Gasteiger partial charge in [-0.3, -0.25) is 14.9 Å². The van der Waals surface area contributed by atoms with Crippen molar-refractivity contribution in [1.29, 1.82) is 0 Å². The predicted octanol–water partition coefficient (Wildman–Crippen LogP) is 1.22. The fourth-order valence-electron chi connectivity index (χ4n) is 1.71. The lowest BCUT2D eigenvalue weighted by molar-refractivity contribution is -0.124. The Labute approximate surface area is 104 Å². The molecule has 1 heterocycles. The normalized spacial score (nSPS) is 17.1. The molecule has 1 aromatic rings. The summed E-state index contributed by atoms with van der Waals surface area (Å²) in [4.78, 5) is 22.4. The van der Waals surface area contributed by atoms with Crippen LogP contribution >= 0.6 is 0 Å². The van der Waals surface area contributed by atoms with E-state index in [0.717, 1.165) is 0 Å². The molecule has 2 N–H and O–H groups in total. The van der Waals surface area contributed by atoms with Gasteiger partial charge in [-0.1, -0.05) is 6.07 Å². The first-order chi connectivity index (χ1) is 8.60. The predicted molar refractivity (Wildman–Crippen MR) is 65.0 cm³/mol. The number of phenolic OH excluding ortho intramolecular Hbond substituents is 1. The van der Waals surface area contributed by atoms with Crippen LogP contribution in [-0.2, 0) is 9.59 Å². The summed E-state index contributed by atoms with van der Waals surface area (Å²) in [5, 5.41) is 11.8. The first-order valence-electron chi connectivity index (χ1n) is 5.60. The van der Waals surface area contributed by atoms with Gasteiger partial charge < -0.3 is 9.84 Å². The minimum atomic E-state index is -0.369. The van der Waals surface area contributed by atoms with Gasteiger partial charge in [-0.05, 0) is 30.7 Å². The molecule has 2 amide bonds. The van der Waals surface area contributed by atoms with Crippen LogP contribution in [-0.4, -0.2) is 23.5 Å². The second-order valence-corrected chi connectivity index (χ2v) is 3.88. The smallest absolute Gasteiger partial charge is 0.254 e. The summed E-state index contributed by atoms with van der Waals surface area (Å²) >= 11 is 0. The minimum absolute atomic E-state index is 0.0472. The number of phenols is 1. The van der Waals surface area contributed by atoms with Crippen molar-refractivity contribution in [2.24, 2.45) is 0 Å². The molecular formula is C13H13NO4. The number of carbonyl (C=O) groups excluding carboxylic acids is 2. The van der Waals surface area contributed by atoms with Gasteiger partial charge in [0.2, 0.25) is 5.91 Å². The monoisotopic (exact) mass is 247 g/mol. The van der Waals surface area contributed by atoms with Crippen molar-refractivity contribution in [2.75, 3.05) is 6.61 Å². The van der Waals surface area contributed by atoms with E-state index < -0.39 is 0 Å². The van der Waals surface area contributed by atoms with Crippen molar-refractivity contribution in [2.45, 2.75) is 13.3 Å². The van der Waals surface area contributed by atoms with Crippen LogP contribution in [0.5, 0.6) is 11.5 Å². The van der Waals surface area contributed by atoms with Gasteiger partial charge in [0, 0.05) is 5.57 Å². The van der Waals surface area contributed by atoms with Gasteiger partial charge in [-0.15, -0.1) is 0 Å². The van der Waals surface area contributed by atoms with E-state index in [0.29, 0.717) is 23.5 Å². The van der Waals surface area contributed by atoms with Crippen LogP contribution in [0.1, 0.15) is 18.9 Å². The van der Waals surface area contributed by atoms with Gasteiger partial charge in [0.1, 0.15) is 0 Å². The van der Waals surface area contributed by atoms with Crippen LogP contribution in [0.3, 0.4) is 0 Å². The number of hydrogen-bond donors (Lipinski definition) is 2. The zero-order valence-corrected chi connectivity index (χ0v) is 9.90. The zero-order valence-electron chi connectivity index (χ0n) is 9.90. The highest BCUT2D eigenvalue weighted by Gasteiger charge is 2.23. The Morgan fingerprint density at radius 2 is 2.22 bits per heavy atom. The minimum Gasteiger partial charge on any atom is -0.504 e. The molecule has 18 heavy (non-hydrogen) atoms. The molecule has 94 valence electrons. The average Bonchev–Trinajstić information content (AvgIpc) is 2.62. The number of carbonyl (C=O) groups is 2. The quantitative estimate of drug-likeness (QED) is 0.622. The highest BCUT2D eigenvalue weighted by atomic mass is 16.5. The molecule has 2 rings (SSSR count). The van der Waals surface area contributed by atoms with E-state index in [1.807, 2.05) is 6.92 Å². The van der Waals surface area contributed by atoms with Crippen molar-refractivity contribution in [3.63, 3.8) is 0 Å². The summed E-state index contributed by atoms with van der Waals surface area (Å²) in [5.41, 5.74) is 1.12. The first kappa shape index (κ1) is 12.2. The van der Waals surface area contributed by atoms with Crippen molar-refractivity contribution in [1.82, 2.24) is 5.32 Å². The maximum absolute atomic E-state index is 11.4. The molecule has 1 aromatic carbocycles. The topological polar surface area (TPSA) is 75.6 Å². The maximum atomic E-state index is 11.4. The van der Waals surface area contributed by atoms with Crippen molar-refractivity contribution in [3.05, 3.63) is 29.3 Å². The van der Waals surface area contributed by atoms with Gasteiger partial charge in [0.25, 0.3) is 5.91 Å². The molecule has 0 saturated carbocycles. The summed E-state index contributed by atoms with van der Waals surface area (Å²) in [7, 11) is 0. The Hall–Kier alpha value is -2.30. The van der Waals surface area contributed by atoms with Crippen molar-refractivity contribution < 1.29 is 19.4 Å². The van der Waals surface area contributed by atoms with E-state index in [2.05, 4.69) is 5.32 Å². The number of rotatable bonds is 3. The van der Waals surface area contributed by atoms with E-state index in [9.17, 15) is 14.7 Å². The fourth-order valence-corrected chi connectivity index (χ4v) is 1.71. The van der Waals surface area contributed by atoms with E-state index >= 15 is 0 Å². The lowest BCUT2D eigenvalue weighted by atomic mass is 10.1. The molecular weight excluding hydrogens is 234 g/mol. The molecule has 0 aromatic heterocycles. The molecule has 1 fully saturated rings. The van der Waals surface area contributed by atoms with E-state index in [1.165, 1.54) is 6.07 Å². The second-order valence-electron chi connectivity index (χ2n) is 3.88. The Morgan fingerprint density at radius 1 is 1.44 bits per heavy atom. The number of aromatic hydroxyl groups is 1. The molecule has 5 nitrogen and oxygen atoms in total. The average molecular weight is 247 g/mol. The lowest BCUT2D eigenvalue weighted by Crippen LogP contribution is -2.19. The third-order valence-electron chi connectivity index (χ3n) is 2.52. The summed E-state index contributed by atoms with van der Waals surface area (Å²) < 4.78 is 5.24. The molecule has 0 spiro atoms. The van der Waals surface area contributed by atoms with Crippen LogP contribution in [0.25, 0.3) is 6.08 Å². The molecule has 1 saturated heterocycles. The number of hydrogen-bond acceptors (Lipinski definition) is 4. The Kier molecular flexibility index (Phi) is 3.32. The van der Waals surface area contributed by atoms with Crippen LogP contribution in [0.2, 0.25) is 0 Å². The third kappa shape index (κ3) is 2.51. The molecule has 0 bridgehead atoms. The highest BCUT2D eigenvalue weighted by molar-refractivity contribution is 6.15. The van der Waals surface area contributed by atoms with Gasteiger partial charge >= 0.3 is 0 Å². The third-order valence-corrected chi connectivity index (χ3v) is 2.52. The SMILES string of the molecule is CCOc1cc(C=C2CC(=O)NC2=O)ccc1O. The highest BCUT2D eigenvalue weighted by Crippen LogP contribution is 2.28. The summed E-state index contributed by atoms with van der Waals surface area (Å²) in [6, 6.07) is 4.77. The van der Waals surface area contributed by atoms with Crippen LogP contribution in [0.15, 0.2) is 23.8 Å². The first-order valence-corrected chi connectivity index (χ1v) is 5.60. The Balaban J connectivity index is 2.29. The van der Waals surface area contributed by atoms with Gasteiger partial charge in [0.15, 0.2) is 11.5 Å². The molecule has 5 heteroatoms. The zero-order chi connectivity index (χ0) is 13.1. The largest absolute Gasteiger partial charge is 0.504 e. The van der Waals surface area contributed by atoms with Crippen molar-refractivity contribution in [3.8, 4) is 11.5 Å². The molecule has 0 atom stereocenters. The number of benzene rings is 1. The Morgan fingerprint density at radius 3 is 2.83 bits per heavy atom. The summed E-state index contributed by atoms with van der Waals surface area (Å²) in [6.45, 7) is 2.25. The van der Waals surface area contributed by atoms with Gasteiger partial charge in [-0.25, -0.2) is 0 Å². The Bertz CT molecular complexity index is 534. The summed E-state index contributed by atoms with van der Waals surface area (Å²) in [6.07, 6.45) is 1.70. The number of nitrogens with one attached hydrogen (secondary N) is 1. The molecule has 0 unspecified atom stereocenters. The standard InChI is InChI=1S/C13H13NO4/c1-2-18-11-6-8(3-4-10(11)15)5-9-7-12(16)14-13(9)17/h3-6,15H,2,7H2,1H3,(H,14,16,17). The van der Waals surface area contributed by atoms with E-state index in [1.54, 1.807) is 18.2 Å². The molecule has 1 aliphatic heterocycles. The maximum Gasteiger partial charge on any atom is 0.254 e. The molecule has 0 aliphatic carbocycles. The van der Waals surface area contributed by atoms with Crippen molar-refractivity contribution >= 4 is 17.9 Å². The van der Waals surface area contributed by atoms with Gasteiger partial charge in [-0.2, -0.15) is 0 Å². The van der Waals surface area contributed by atoms with Crippen LogP contribution < -0.4 is 10.1 Å². The molecule has 1 aliphatic rings. The van der Waals surface area contributed by atoms with E-state index in [4.69, 9.17) is 4.74 Å². The van der Waals surface area contributed by atoms with Crippen LogP contribution in [0.4, 0.5) is 0 Å². The van der Waals surface area contributed by atoms with E-state index in [-0.39, 0.29) is 24.0 Å².